The molecule has 0 saturated carbocycles. The first-order valence-electron chi connectivity index (χ1n) is 10.3. The third-order valence-electron chi connectivity index (χ3n) is 5.45. The molecule has 32 heavy (non-hydrogen) atoms. The van der Waals surface area contributed by atoms with E-state index in [-0.39, 0.29) is 36.1 Å². The Morgan fingerprint density at radius 3 is 2.59 bits per heavy atom. The molecule has 1 fully saturated rings. The summed E-state index contributed by atoms with van der Waals surface area (Å²) in [7, 11) is 1.77. The Kier molecular flexibility index (Phi) is 9.49. The molecule has 2 aromatic rings. The van der Waals surface area contributed by atoms with Crippen molar-refractivity contribution in [2.75, 3.05) is 33.8 Å². The van der Waals surface area contributed by atoms with Crippen LogP contribution in [0.3, 0.4) is 0 Å². The molecule has 1 aromatic heterocycles. The lowest BCUT2D eigenvalue weighted by Gasteiger charge is -2.34. The maximum Gasteiger partial charge on any atom is 0.243 e. The summed E-state index contributed by atoms with van der Waals surface area (Å²) < 4.78 is 34.3. The molecule has 0 aliphatic carbocycles. The number of hydrogen-bond acceptors (Lipinski definition) is 5. The summed E-state index contributed by atoms with van der Waals surface area (Å²) in [5.74, 6) is 0.786. The molecule has 1 aliphatic heterocycles. The summed E-state index contributed by atoms with van der Waals surface area (Å²) in [6.45, 7) is 6.29. The van der Waals surface area contributed by atoms with Crippen LogP contribution in [0.2, 0.25) is 0 Å². The first-order chi connectivity index (χ1) is 14.7. The molecule has 1 N–H and O–H groups in total. The van der Waals surface area contributed by atoms with Gasteiger partial charge in [0, 0.05) is 52.0 Å². The fourth-order valence-corrected chi connectivity index (χ4v) is 4.75. The van der Waals surface area contributed by atoms with Gasteiger partial charge in [0.2, 0.25) is 10.0 Å². The molecule has 9 nitrogen and oxygen atoms in total. The van der Waals surface area contributed by atoms with Gasteiger partial charge in [-0.3, -0.25) is 9.67 Å². The van der Waals surface area contributed by atoms with Crippen LogP contribution in [0.15, 0.2) is 46.5 Å². The van der Waals surface area contributed by atoms with Gasteiger partial charge in [-0.15, -0.1) is 24.0 Å². The van der Waals surface area contributed by atoms with E-state index in [4.69, 9.17) is 4.74 Å². The third-order valence-corrected chi connectivity index (χ3v) is 7.50. The number of sulfonamides is 1. The maximum atomic E-state index is 12.6. The Bertz CT molecular complexity index is 1010. The lowest BCUT2D eigenvalue weighted by atomic mass is 10.1. The van der Waals surface area contributed by atoms with Crippen LogP contribution in [0.1, 0.15) is 31.1 Å². The zero-order valence-electron chi connectivity index (χ0n) is 19.2. The lowest BCUT2D eigenvalue weighted by molar-refractivity contribution is -0.00805. The van der Waals surface area contributed by atoms with Gasteiger partial charge in [0.05, 0.1) is 24.2 Å². The summed E-state index contributed by atoms with van der Waals surface area (Å²) in [5, 5.41) is 7.60. The molecule has 178 valence electrons. The number of guanidine groups is 1. The number of benzene rings is 1. The molecule has 2 heterocycles. The molecular formula is C21H33IN6O3S. The van der Waals surface area contributed by atoms with E-state index in [0.29, 0.717) is 24.6 Å². The minimum atomic E-state index is -3.48. The molecule has 3 rings (SSSR count). The summed E-state index contributed by atoms with van der Waals surface area (Å²) in [6, 6.07) is 6.87. The first-order valence-corrected chi connectivity index (χ1v) is 11.8. The van der Waals surface area contributed by atoms with Crippen molar-refractivity contribution < 1.29 is 13.2 Å². The molecule has 1 aliphatic rings. The van der Waals surface area contributed by atoms with E-state index in [1.165, 1.54) is 4.31 Å². The minimum absolute atomic E-state index is 0. The van der Waals surface area contributed by atoms with E-state index in [0.717, 1.165) is 23.6 Å². The summed E-state index contributed by atoms with van der Waals surface area (Å²) in [6.07, 6.45) is 3.75. The van der Waals surface area contributed by atoms with E-state index in [2.05, 4.69) is 20.3 Å². The van der Waals surface area contributed by atoms with Gasteiger partial charge in [-0.2, -0.15) is 9.40 Å². The SMILES string of the molecule is CN=C(NCc1ccc(S(=O)(=O)N(C)C(C)C)cc1)N1CCOC(c2cnn(C)c2)C1.I. The number of halogens is 1. The van der Waals surface area contributed by atoms with Crippen molar-refractivity contribution in [3.05, 3.63) is 47.8 Å². The van der Waals surface area contributed by atoms with E-state index in [9.17, 15) is 8.42 Å². The van der Waals surface area contributed by atoms with Gasteiger partial charge < -0.3 is 15.0 Å². The topological polar surface area (TPSA) is 92.1 Å². The van der Waals surface area contributed by atoms with E-state index in [1.807, 2.05) is 45.4 Å². The van der Waals surface area contributed by atoms with Crippen molar-refractivity contribution in [1.29, 1.82) is 0 Å². The molecule has 0 bridgehead atoms. The van der Waals surface area contributed by atoms with Crippen molar-refractivity contribution in [2.45, 2.75) is 37.4 Å². The van der Waals surface area contributed by atoms with Crippen LogP contribution >= 0.6 is 24.0 Å². The molecule has 1 saturated heterocycles. The van der Waals surface area contributed by atoms with E-state index in [1.54, 1.807) is 30.9 Å². The highest BCUT2D eigenvalue weighted by atomic mass is 127. The molecule has 0 amide bonds. The zero-order chi connectivity index (χ0) is 22.6. The molecule has 1 atom stereocenters. The lowest BCUT2D eigenvalue weighted by Crippen LogP contribution is -2.47. The Morgan fingerprint density at radius 2 is 2.03 bits per heavy atom. The predicted octanol–water partition coefficient (Wildman–Crippen LogP) is 2.22. The molecule has 0 spiro atoms. The first kappa shape index (κ1) is 26.6. The van der Waals surface area contributed by atoms with Gasteiger partial charge in [0.15, 0.2) is 5.96 Å². The fourth-order valence-electron chi connectivity index (χ4n) is 3.39. The molecule has 11 heteroatoms. The number of nitrogens with zero attached hydrogens (tertiary/aromatic N) is 5. The molecule has 0 radical (unpaired) electrons. The zero-order valence-corrected chi connectivity index (χ0v) is 22.4. The van der Waals surface area contributed by atoms with Crippen molar-refractivity contribution in [3.8, 4) is 0 Å². The number of aromatic nitrogens is 2. The summed E-state index contributed by atoms with van der Waals surface area (Å²) in [5.41, 5.74) is 2.02. The smallest absolute Gasteiger partial charge is 0.243 e. The Hall–Kier alpha value is -1.70. The normalized spacial score (nSPS) is 17.5. The number of rotatable bonds is 6. The maximum absolute atomic E-state index is 12.6. The minimum Gasteiger partial charge on any atom is -0.370 e. The van der Waals surface area contributed by atoms with Crippen LogP contribution in [0.5, 0.6) is 0 Å². The van der Waals surface area contributed by atoms with Crippen molar-refractivity contribution in [1.82, 2.24) is 24.3 Å². The van der Waals surface area contributed by atoms with Crippen molar-refractivity contribution >= 4 is 40.0 Å². The monoisotopic (exact) mass is 576 g/mol. The largest absolute Gasteiger partial charge is 0.370 e. The van der Waals surface area contributed by atoms with Crippen molar-refractivity contribution in [3.63, 3.8) is 0 Å². The molecule has 1 aromatic carbocycles. The number of morpholine rings is 1. The Balaban J connectivity index is 0.00000363. The number of hydrogen-bond donors (Lipinski definition) is 1. The summed E-state index contributed by atoms with van der Waals surface area (Å²) in [4.78, 5) is 6.87. The van der Waals surface area contributed by atoms with Gasteiger partial charge >= 0.3 is 0 Å². The molecule has 1 unspecified atom stereocenters. The second kappa shape index (κ2) is 11.4. The van der Waals surface area contributed by atoms with E-state index >= 15 is 0 Å². The van der Waals surface area contributed by atoms with Crippen LogP contribution in [0.25, 0.3) is 0 Å². The number of ether oxygens (including phenoxy) is 1. The molecular weight excluding hydrogens is 543 g/mol. The van der Waals surface area contributed by atoms with E-state index < -0.39 is 10.0 Å². The van der Waals surface area contributed by atoms with Crippen LogP contribution in [-0.2, 0) is 28.4 Å². The highest BCUT2D eigenvalue weighted by Gasteiger charge is 2.25. The summed E-state index contributed by atoms with van der Waals surface area (Å²) >= 11 is 0. The van der Waals surface area contributed by atoms with Gasteiger partial charge in [0.25, 0.3) is 0 Å². The van der Waals surface area contributed by atoms with Crippen LogP contribution in [-0.4, -0.2) is 73.2 Å². The Morgan fingerprint density at radius 1 is 1.34 bits per heavy atom. The van der Waals surface area contributed by atoms with Gasteiger partial charge in [-0.1, -0.05) is 12.1 Å². The quantitative estimate of drug-likeness (QED) is 0.322. The highest BCUT2D eigenvalue weighted by Crippen LogP contribution is 2.22. The third kappa shape index (κ3) is 6.21. The van der Waals surface area contributed by atoms with Gasteiger partial charge in [-0.05, 0) is 31.5 Å². The van der Waals surface area contributed by atoms with Crippen molar-refractivity contribution in [2.24, 2.45) is 12.0 Å². The van der Waals surface area contributed by atoms with Gasteiger partial charge in [-0.25, -0.2) is 8.42 Å². The van der Waals surface area contributed by atoms with Crippen LogP contribution in [0, 0.1) is 0 Å². The fraction of sp³-hybridized carbons (Fsp3) is 0.524. The predicted molar refractivity (Wildman–Crippen MR) is 136 cm³/mol. The second-order valence-corrected chi connectivity index (χ2v) is 9.91. The standard InChI is InChI=1S/C21H32N6O3S.HI/c1-16(2)26(5)31(28,29)19-8-6-17(7-9-19)12-23-21(22-3)27-10-11-30-20(15-27)18-13-24-25(4)14-18;/h6-9,13-14,16,20H,10-12,15H2,1-5H3,(H,22,23);1H. The number of nitrogens with one attached hydrogen (secondary N) is 1. The second-order valence-electron chi connectivity index (χ2n) is 7.91. The van der Waals surface area contributed by atoms with Gasteiger partial charge in [0.1, 0.15) is 6.10 Å². The number of aryl methyl sites for hydroxylation is 1. The number of aliphatic imine (C=N–C) groups is 1. The average Bonchev–Trinajstić information content (AvgIpc) is 3.20. The van der Waals surface area contributed by atoms with Crippen LogP contribution < -0.4 is 5.32 Å². The highest BCUT2D eigenvalue weighted by molar-refractivity contribution is 14.0. The Labute approximate surface area is 207 Å². The average molecular weight is 577 g/mol. The van der Waals surface area contributed by atoms with Crippen LogP contribution in [0.4, 0.5) is 0 Å².